The van der Waals surface area contributed by atoms with Crippen molar-refractivity contribution in [2.45, 2.75) is 90.3 Å². The van der Waals surface area contributed by atoms with Crippen molar-refractivity contribution >= 4 is 11.7 Å². The average molecular weight is 411 g/mol. The third-order valence-corrected chi connectivity index (χ3v) is 8.65. The molecule has 0 spiro atoms. The fourth-order valence-corrected chi connectivity index (χ4v) is 6.96. The Morgan fingerprint density at radius 3 is 2.10 bits per heavy atom. The Bertz CT molecular complexity index is 762. The second-order valence-electron chi connectivity index (χ2n) is 11.0. The van der Waals surface area contributed by atoms with Crippen LogP contribution < -0.4 is 4.90 Å². The molecule has 1 aromatic rings. The van der Waals surface area contributed by atoms with Gasteiger partial charge in [-0.25, -0.2) is 9.97 Å². The van der Waals surface area contributed by atoms with Crippen LogP contribution in [0.1, 0.15) is 77.7 Å². The van der Waals surface area contributed by atoms with Gasteiger partial charge in [0.25, 0.3) is 0 Å². The first kappa shape index (κ1) is 20.4. The third-order valence-electron chi connectivity index (χ3n) is 8.65. The predicted octanol–water partition coefficient (Wildman–Crippen LogP) is 4.28. The van der Waals surface area contributed by atoms with Gasteiger partial charge in [0.1, 0.15) is 5.78 Å². The summed E-state index contributed by atoms with van der Waals surface area (Å²) in [6.45, 7) is 11.0. The molecule has 3 heterocycles. The Morgan fingerprint density at radius 1 is 0.933 bits per heavy atom. The fourth-order valence-electron chi connectivity index (χ4n) is 6.96. The van der Waals surface area contributed by atoms with Crippen molar-refractivity contribution in [2.75, 3.05) is 18.0 Å². The minimum absolute atomic E-state index is 0.168. The van der Waals surface area contributed by atoms with Crippen LogP contribution in [-0.4, -0.2) is 51.9 Å². The van der Waals surface area contributed by atoms with Gasteiger partial charge >= 0.3 is 0 Å². The van der Waals surface area contributed by atoms with Crippen molar-refractivity contribution in [3.05, 3.63) is 18.0 Å². The van der Waals surface area contributed by atoms with E-state index in [1.807, 2.05) is 0 Å². The van der Waals surface area contributed by atoms with E-state index in [1.54, 1.807) is 0 Å². The molecule has 6 rings (SSSR count). The van der Waals surface area contributed by atoms with Crippen LogP contribution in [0.3, 0.4) is 0 Å². The Balaban J connectivity index is 1.28. The SMILES string of the molecule is CC(C)C(=O)C1CC2CCC1CC2c1cnc(N2C3CCC2CN(C(C)C)C3)nc1. The molecular weight excluding hydrogens is 372 g/mol. The molecule has 2 aliphatic heterocycles. The van der Waals surface area contributed by atoms with Crippen molar-refractivity contribution in [1.82, 2.24) is 14.9 Å². The highest BCUT2D eigenvalue weighted by molar-refractivity contribution is 5.83. The summed E-state index contributed by atoms with van der Waals surface area (Å²) in [7, 11) is 0. The molecule has 30 heavy (non-hydrogen) atoms. The van der Waals surface area contributed by atoms with E-state index >= 15 is 0 Å². The number of Topliss-reactive ketones (excluding diaryl/α,β-unsaturated/α-hetero) is 1. The molecule has 1 aromatic heterocycles. The molecule has 6 atom stereocenters. The maximum atomic E-state index is 12.6. The summed E-state index contributed by atoms with van der Waals surface area (Å²) in [5.41, 5.74) is 1.30. The van der Waals surface area contributed by atoms with Crippen LogP contribution in [0.5, 0.6) is 0 Å². The van der Waals surface area contributed by atoms with Crippen LogP contribution in [0.15, 0.2) is 12.4 Å². The lowest BCUT2D eigenvalue weighted by molar-refractivity contribution is -0.131. The van der Waals surface area contributed by atoms with Crippen LogP contribution in [-0.2, 0) is 4.79 Å². The van der Waals surface area contributed by atoms with Crippen LogP contribution >= 0.6 is 0 Å². The minimum atomic E-state index is 0.168. The number of aromatic nitrogens is 2. The van der Waals surface area contributed by atoms with Gasteiger partial charge in [0, 0.05) is 55.4 Å². The van der Waals surface area contributed by atoms with Gasteiger partial charge in [0.2, 0.25) is 5.95 Å². The van der Waals surface area contributed by atoms with Crippen molar-refractivity contribution in [3.63, 3.8) is 0 Å². The summed E-state index contributed by atoms with van der Waals surface area (Å²) >= 11 is 0. The summed E-state index contributed by atoms with van der Waals surface area (Å²) in [6, 6.07) is 1.74. The number of carbonyl (C=O) groups excluding carboxylic acids is 1. The van der Waals surface area contributed by atoms with Crippen LogP contribution in [0, 0.1) is 23.7 Å². The molecule has 5 aliphatic rings. The second kappa shape index (κ2) is 7.89. The Hall–Kier alpha value is -1.49. The molecule has 5 heteroatoms. The minimum Gasteiger partial charge on any atom is -0.332 e. The van der Waals surface area contributed by atoms with E-state index < -0.39 is 0 Å². The van der Waals surface area contributed by atoms with E-state index in [-0.39, 0.29) is 5.92 Å². The number of likely N-dealkylation sites (tertiary alicyclic amines) is 1. The number of rotatable bonds is 5. The molecule has 4 bridgehead atoms. The van der Waals surface area contributed by atoms with Crippen molar-refractivity contribution in [3.8, 4) is 0 Å². The largest absolute Gasteiger partial charge is 0.332 e. The van der Waals surface area contributed by atoms with Crippen LogP contribution in [0.4, 0.5) is 5.95 Å². The quantitative estimate of drug-likeness (QED) is 0.725. The maximum absolute atomic E-state index is 12.6. The monoisotopic (exact) mass is 410 g/mol. The van der Waals surface area contributed by atoms with Crippen molar-refractivity contribution in [2.24, 2.45) is 23.7 Å². The molecular formula is C25H38N4O. The van der Waals surface area contributed by atoms with Gasteiger partial charge < -0.3 is 4.90 Å². The average Bonchev–Trinajstić information content (AvgIpc) is 3.02. The first-order chi connectivity index (χ1) is 14.4. The van der Waals surface area contributed by atoms with Gasteiger partial charge in [-0.05, 0) is 75.7 Å². The van der Waals surface area contributed by atoms with E-state index in [9.17, 15) is 4.79 Å². The molecule has 3 aliphatic carbocycles. The summed E-state index contributed by atoms with van der Waals surface area (Å²) in [6.07, 6.45) is 11.5. The number of fused-ring (bicyclic) bond motifs is 5. The number of piperazine rings is 1. The maximum Gasteiger partial charge on any atom is 0.225 e. The fraction of sp³-hybridized carbons (Fsp3) is 0.800. The zero-order chi connectivity index (χ0) is 21.0. The molecule has 0 aromatic carbocycles. The molecule has 2 saturated heterocycles. The van der Waals surface area contributed by atoms with Gasteiger partial charge in [0.05, 0.1) is 0 Å². The standard InChI is InChI=1S/C25H38N4O/c1-15(2)24(30)23-10-17-5-6-18(23)9-22(17)19-11-26-25(27-12-19)29-20-7-8-21(29)14-28(13-20)16(3)4/h11-12,15-18,20-23H,5-10,13-14H2,1-4H3. The van der Waals surface area contributed by atoms with E-state index in [2.05, 4.69) is 49.9 Å². The number of hydrogen-bond donors (Lipinski definition) is 0. The molecule has 3 saturated carbocycles. The van der Waals surface area contributed by atoms with E-state index in [0.29, 0.717) is 47.6 Å². The smallest absolute Gasteiger partial charge is 0.225 e. The Kier molecular flexibility index (Phi) is 5.37. The van der Waals surface area contributed by atoms with E-state index in [4.69, 9.17) is 9.97 Å². The lowest BCUT2D eigenvalue weighted by Gasteiger charge is -2.47. The van der Waals surface area contributed by atoms with Crippen LogP contribution in [0.2, 0.25) is 0 Å². The number of carbonyl (C=O) groups is 1. The number of anilines is 1. The Labute approximate surface area is 181 Å². The van der Waals surface area contributed by atoms with E-state index in [0.717, 1.165) is 31.9 Å². The lowest BCUT2D eigenvalue weighted by Crippen LogP contribution is -2.56. The van der Waals surface area contributed by atoms with Gasteiger partial charge in [0.15, 0.2) is 0 Å². The predicted molar refractivity (Wildman–Crippen MR) is 120 cm³/mol. The zero-order valence-electron chi connectivity index (χ0n) is 19.1. The first-order valence-corrected chi connectivity index (χ1v) is 12.3. The Morgan fingerprint density at radius 2 is 1.57 bits per heavy atom. The molecule has 0 radical (unpaired) electrons. The topological polar surface area (TPSA) is 49.3 Å². The highest BCUT2D eigenvalue weighted by Gasteiger charge is 2.46. The highest BCUT2D eigenvalue weighted by Crippen LogP contribution is 2.53. The third kappa shape index (κ3) is 3.47. The second-order valence-corrected chi connectivity index (χ2v) is 11.0. The molecule has 0 amide bonds. The molecule has 5 nitrogen and oxygen atoms in total. The molecule has 5 fully saturated rings. The molecule has 0 N–H and O–H groups in total. The highest BCUT2D eigenvalue weighted by atomic mass is 16.1. The number of nitrogens with zero attached hydrogens (tertiary/aromatic N) is 4. The van der Waals surface area contributed by atoms with Gasteiger partial charge in [-0.15, -0.1) is 0 Å². The summed E-state index contributed by atoms with van der Waals surface area (Å²) in [4.78, 5) is 27.5. The van der Waals surface area contributed by atoms with Gasteiger partial charge in [-0.3, -0.25) is 9.69 Å². The van der Waals surface area contributed by atoms with Crippen molar-refractivity contribution in [1.29, 1.82) is 0 Å². The molecule has 164 valence electrons. The zero-order valence-corrected chi connectivity index (χ0v) is 19.1. The van der Waals surface area contributed by atoms with E-state index in [1.165, 1.54) is 31.2 Å². The molecule has 6 unspecified atom stereocenters. The first-order valence-electron chi connectivity index (χ1n) is 12.3. The summed E-state index contributed by atoms with van der Waals surface area (Å²) in [5, 5.41) is 0. The van der Waals surface area contributed by atoms with Gasteiger partial charge in [-0.1, -0.05) is 13.8 Å². The summed E-state index contributed by atoms with van der Waals surface area (Å²) in [5.74, 6) is 3.63. The van der Waals surface area contributed by atoms with Crippen molar-refractivity contribution < 1.29 is 4.79 Å². The number of ketones is 1. The van der Waals surface area contributed by atoms with Gasteiger partial charge in [-0.2, -0.15) is 0 Å². The normalized spacial score (nSPS) is 36.1. The summed E-state index contributed by atoms with van der Waals surface area (Å²) < 4.78 is 0. The lowest BCUT2D eigenvalue weighted by atomic mass is 9.57. The number of hydrogen-bond acceptors (Lipinski definition) is 5. The van der Waals surface area contributed by atoms with Crippen LogP contribution in [0.25, 0.3) is 0 Å².